The van der Waals surface area contributed by atoms with E-state index in [1.54, 1.807) is 6.07 Å². The monoisotopic (exact) mass is 273 g/mol. The Morgan fingerprint density at radius 1 is 1.53 bits per heavy atom. The highest BCUT2D eigenvalue weighted by atomic mass is 32.2. The maximum Gasteiger partial charge on any atom is 0.191 e. The number of hydrogen-bond donors (Lipinski definition) is 2. The van der Waals surface area contributed by atoms with Crippen LogP contribution in [0.3, 0.4) is 0 Å². The summed E-state index contributed by atoms with van der Waals surface area (Å²) in [7, 11) is -3.08. The van der Waals surface area contributed by atoms with E-state index >= 15 is 0 Å². The first-order chi connectivity index (χ1) is 8.05. The predicted molar refractivity (Wildman–Crippen MR) is 69.2 cm³/mol. The van der Waals surface area contributed by atoms with Crippen molar-refractivity contribution in [3.63, 3.8) is 0 Å². The number of nitrogens with zero attached hydrogens (tertiary/aromatic N) is 1. The van der Waals surface area contributed by atoms with Gasteiger partial charge in [-0.3, -0.25) is 4.99 Å². The fourth-order valence-electron chi connectivity index (χ4n) is 1.47. The van der Waals surface area contributed by atoms with Crippen molar-refractivity contribution in [1.82, 2.24) is 10.6 Å². The number of sulfone groups is 1. The second kappa shape index (κ2) is 5.05. The van der Waals surface area contributed by atoms with Gasteiger partial charge in [0.25, 0.3) is 0 Å². The van der Waals surface area contributed by atoms with Gasteiger partial charge in [-0.2, -0.15) is 0 Å². The predicted octanol–water partition coefficient (Wildman–Crippen LogP) is 0.590. The molecule has 7 heteroatoms. The molecule has 1 aromatic heterocycles. The molecular weight excluding hydrogens is 258 g/mol. The zero-order valence-corrected chi connectivity index (χ0v) is 11.2. The van der Waals surface area contributed by atoms with Gasteiger partial charge in [0.05, 0.1) is 6.54 Å². The minimum Gasteiger partial charge on any atom is -0.356 e. The second-order valence-corrected chi connectivity index (χ2v) is 7.27. The van der Waals surface area contributed by atoms with Gasteiger partial charge in [-0.05, 0) is 18.6 Å². The lowest BCUT2D eigenvalue weighted by Crippen LogP contribution is -2.40. The molecule has 0 fully saturated rings. The summed E-state index contributed by atoms with van der Waals surface area (Å²) in [5.74, 6) is 0.797. The summed E-state index contributed by atoms with van der Waals surface area (Å²) in [5, 5.41) is 6.31. The van der Waals surface area contributed by atoms with Crippen molar-refractivity contribution in [2.45, 2.75) is 17.2 Å². The molecule has 0 spiro atoms. The van der Waals surface area contributed by atoms with Crippen LogP contribution in [0.4, 0.5) is 0 Å². The third-order valence-corrected chi connectivity index (χ3v) is 5.23. The maximum atomic E-state index is 11.3. The molecule has 0 atom stereocenters. The molecule has 0 aromatic carbocycles. The molecule has 2 N–H and O–H groups in total. The molecule has 0 radical (unpaired) electrons. The molecule has 2 heterocycles. The maximum absolute atomic E-state index is 11.3. The molecule has 0 amide bonds. The Kier molecular flexibility index (Phi) is 3.68. The average molecular weight is 273 g/mol. The van der Waals surface area contributed by atoms with E-state index in [2.05, 4.69) is 15.6 Å². The molecule has 0 saturated heterocycles. The van der Waals surface area contributed by atoms with Crippen LogP contribution in [0.2, 0.25) is 0 Å². The van der Waals surface area contributed by atoms with Gasteiger partial charge in [-0.15, -0.1) is 11.3 Å². The zero-order chi connectivity index (χ0) is 12.3. The van der Waals surface area contributed by atoms with Gasteiger partial charge in [0, 0.05) is 24.2 Å². The Morgan fingerprint density at radius 2 is 2.35 bits per heavy atom. The Balaban J connectivity index is 1.95. The number of nitrogens with one attached hydrogen (secondary N) is 2. The van der Waals surface area contributed by atoms with Crippen LogP contribution in [0.25, 0.3) is 0 Å². The zero-order valence-electron chi connectivity index (χ0n) is 9.56. The van der Waals surface area contributed by atoms with E-state index in [0.29, 0.717) is 10.8 Å². The van der Waals surface area contributed by atoms with Crippen LogP contribution in [0.5, 0.6) is 0 Å². The highest BCUT2D eigenvalue weighted by Crippen LogP contribution is 2.21. The fraction of sp³-hybridized carbons (Fsp3) is 0.500. The first-order valence-corrected chi connectivity index (χ1v) is 8.07. The summed E-state index contributed by atoms with van der Waals surface area (Å²) < 4.78 is 23.0. The lowest BCUT2D eigenvalue weighted by Gasteiger charge is -2.15. The lowest BCUT2D eigenvalue weighted by atomic mass is 10.4. The number of hydrogen-bond acceptors (Lipinski definition) is 6. The highest BCUT2D eigenvalue weighted by molar-refractivity contribution is 7.92. The van der Waals surface area contributed by atoms with Crippen molar-refractivity contribution < 1.29 is 8.42 Å². The Morgan fingerprint density at radius 3 is 2.94 bits per heavy atom. The van der Waals surface area contributed by atoms with Crippen molar-refractivity contribution >= 4 is 27.1 Å². The van der Waals surface area contributed by atoms with Crippen molar-refractivity contribution in [2.24, 2.45) is 4.99 Å². The van der Waals surface area contributed by atoms with Crippen LogP contribution in [0, 0.1) is 0 Å². The van der Waals surface area contributed by atoms with Crippen LogP contribution in [0.1, 0.15) is 11.3 Å². The summed E-state index contributed by atoms with van der Waals surface area (Å²) in [6.45, 7) is 2.38. The summed E-state index contributed by atoms with van der Waals surface area (Å²) in [5.41, 5.74) is 0. The van der Waals surface area contributed by atoms with Crippen LogP contribution >= 0.6 is 11.3 Å². The van der Waals surface area contributed by atoms with Crippen molar-refractivity contribution in [2.75, 3.05) is 19.3 Å². The minimum absolute atomic E-state index is 0.410. The number of aliphatic imine (C=N–C) groups is 1. The van der Waals surface area contributed by atoms with Gasteiger partial charge in [-0.1, -0.05) is 0 Å². The van der Waals surface area contributed by atoms with Gasteiger partial charge in [0.2, 0.25) is 0 Å². The first kappa shape index (κ1) is 12.4. The molecular formula is C10H15N3O2S2. The number of thiophene rings is 1. The third kappa shape index (κ3) is 3.44. The molecule has 17 heavy (non-hydrogen) atoms. The van der Waals surface area contributed by atoms with Crippen molar-refractivity contribution in [3.05, 3.63) is 17.0 Å². The molecule has 2 rings (SSSR count). The van der Waals surface area contributed by atoms with Gasteiger partial charge in [-0.25, -0.2) is 8.42 Å². The molecule has 0 saturated carbocycles. The molecule has 0 aliphatic carbocycles. The van der Waals surface area contributed by atoms with E-state index in [0.717, 1.165) is 30.3 Å². The van der Waals surface area contributed by atoms with Crippen LogP contribution in [0.15, 0.2) is 21.3 Å². The quantitative estimate of drug-likeness (QED) is 0.845. The largest absolute Gasteiger partial charge is 0.356 e. The second-order valence-electron chi connectivity index (χ2n) is 3.86. The standard InChI is InChI=1S/C10H15N3O2S2/c1-17(14,15)9-4-3-8(16-9)7-13-10-11-5-2-6-12-10/h3-4H,2,5-7H2,1H3,(H2,11,12,13). The average Bonchev–Trinajstić information content (AvgIpc) is 2.76. The van der Waals surface area contributed by atoms with E-state index < -0.39 is 9.84 Å². The van der Waals surface area contributed by atoms with Gasteiger partial charge >= 0.3 is 0 Å². The van der Waals surface area contributed by atoms with E-state index in [9.17, 15) is 8.42 Å². The highest BCUT2D eigenvalue weighted by Gasteiger charge is 2.11. The van der Waals surface area contributed by atoms with Crippen LogP contribution in [-0.4, -0.2) is 33.7 Å². The molecule has 1 aliphatic rings. The van der Waals surface area contributed by atoms with E-state index in [-0.39, 0.29) is 0 Å². The van der Waals surface area contributed by atoms with Crippen LogP contribution < -0.4 is 10.6 Å². The Labute approximate surface area is 105 Å². The third-order valence-electron chi connectivity index (χ3n) is 2.33. The summed E-state index contributed by atoms with van der Waals surface area (Å²) in [6.07, 6.45) is 2.28. The van der Waals surface area contributed by atoms with Crippen molar-refractivity contribution in [3.8, 4) is 0 Å². The summed E-state index contributed by atoms with van der Waals surface area (Å²) >= 11 is 1.30. The summed E-state index contributed by atoms with van der Waals surface area (Å²) in [6, 6.07) is 3.48. The smallest absolute Gasteiger partial charge is 0.191 e. The molecule has 94 valence electrons. The van der Waals surface area contributed by atoms with E-state index in [1.807, 2.05) is 6.07 Å². The molecule has 1 aliphatic heterocycles. The normalized spacial score (nSPS) is 16.2. The summed E-state index contributed by atoms with van der Waals surface area (Å²) in [4.78, 5) is 5.27. The van der Waals surface area contributed by atoms with Gasteiger partial charge in [0.15, 0.2) is 15.8 Å². The molecule has 0 unspecified atom stereocenters. The molecule has 0 bridgehead atoms. The molecule has 5 nitrogen and oxygen atoms in total. The Hall–Kier alpha value is -1.08. The van der Waals surface area contributed by atoms with Gasteiger partial charge < -0.3 is 10.6 Å². The van der Waals surface area contributed by atoms with Gasteiger partial charge in [0.1, 0.15) is 4.21 Å². The van der Waals surface area contributed by atoms with Crippen molar-refractivity contribution in [1.29, 1.82) is 0 Å². The van der Waals surface area contributed by atoms with Crippen LogP contribution in [-0.2, 0) is 16.4 Å². The SMILES string of the molecule is CS(=O)(=O)c1ccc(CNC2=NCCCN2)s1. The van der Waals surface area contributed by atoms with E-state index in [4.69, 9.17) is 0 Å². The fourth-order valence-corrected chi connectivity index (χ4v) is 3.39. The van der Waals surface area contributed by atoms with E-state index in [1.165, 1.54) is 17.6 Å². The first-order valence-electron chi connectivity index (χ1n) is 5.37. The Bertz CT molecular complexity index is 519. The lowest BCUT2D eigenvalue weighted by molar-refractivity contribution is 0.604. The number of rotatable bonds is 3. The molecule has 1 aromatic rings. The number of guanidine groups is 1. The topological polar surface area (TPSA) is 70.6 Å². The minimum atomic E-state index is -3.08.